The van der Waals surface area contributed by atoms with E-state index in [0.717, 1.165) is 30.9 Å². The van der Waals surface area contributed by atoms with Crippen molar-refractivity contribution in [2.75, 3.05) is 27.8 Å². The van der Waals surface area contributed by atoms with Crippen molar-refractivity contribution in [3.8, 4) is 17.2 Å². The molecule has 2 rings (SSSR count). The molecule has 2 aromatic carbocycles. The van der Waals surface area contributed by atoms with Crippen LogP contribution < -0.4 is 20.1 Å². The van der Waals surface area contributed by atoms with Crippen molar-refractivity contribution in [2.45, 2.75) is 39.2 Å². The monoisotopic (exact) mass is 399 g/mol. The number of aromatic hydroxyl groups is 1. The quantitative estimate of drug-likeness (QED) is 0.339. The zero-order valence-corrected chi connectivity index (χ0v) is 18.1. The van der Waals surface area contributed by atoms with Crippen LogP contribution in [0.3, 0.4) is 0 Å². The molecule has 0 atom stereocenters. The van der Waals surface area contributed by atoms with Crippen LogP contribution in [0.15, 0.2) is 41.4 Å². The Bertz CT molecular complexity index is 777. The number of methoxy groups -OCH3 is 2. The Morgan fingerprint density at radius 3 is 2.14 bits per heavy atom. The summed E-state index contributed by atoms with van der Waals surface area (Å²) < 4.78 is 10.4. The second-order valence-corrected chi connectivity index (χ2v) is 7.20. The lowest BCUT2D eigenvalue weighted by Gasteiger charge is -2.14. The summed E-state index contributed by atoms with van der Waals surface area (Å²) in [6, 6.07) is 12.4. The van der Waals surface area contributed by atoms with Gasteiger partial charge in [0.1, 0.15) is 0 Å². The largest absolute Gasteiger partial charge is 0.502 e. The van der Waals surface area contributed by atoms with Crippen LogP contribution >= 0.6 is 0 Å². The Morgan fingerprint density at radius 1 is 1.00 bits per heavy atom. The molecule has 3 N–H and O–H groups in total. The summed E-state index contributed by atoms with van der Waals surface area (Å²) in [5, 5.41) is 16.6. The van der Waals surface area contributed by atoms with Gasteiger partial charge in [0.05, 0.1) is 14.2 Å². The number of guanidine groups is 1. The number of nitrogens with one attached hydrogen (secondary N) is 2. The number of aryl methyl sites for hydroxylation is 1. The summed E-state index contributed by atoms with van der Waals surface area (Å²) in [6.45, 7) is 5.78. The van der Waals surface area contributed by atoms with Gasteiger partial charge in [-0.05, 0) is 47.6 Å². The van der Waals surface area contributed by atoms with E-state index in [1.165, 1.54) is 25.3 Å². The minimum atomic E-state index is 0.00249. The summed E-state index contributed by atoms with van der Waals surface area (Å²) in [5.74, 6) is 2.06. The second kappa shape index (κ2) is 11.2. The van der Waals surface area contributed by atoms with E-state index in [1.807, 2.05) is 0 Å². The number of phenols is 1. The van der Waals surface area contributed by atoms with Gasteiger partial charge in [0.25, 0.3) is 0 Å². The third-order valence-electron chi connectivity index (χ3n) is 4.80. The Morgan fingerprint density at radius 2 is 1.62 bits per heavy atom. The van der Waals surface area contributed by atoms with Crippen molar-refractivity contribution in [3.05, 3.63) is 53.1 Å². The summed E-state index contributed by atoms with van der Waals surface area (Å²) in [4.78, 5) is 4.26. The summed E-state index contributed by atoms with van der Waals surface area (Å²) in [7, 11) is 4.78. The number of benzene rings is 2. The van der Waals surface area contributed by atoms with Gasteiger partial charge in [-0.3, -0.25) is 4.99 Å². The van der Waals surface area contributed by atoms with Gasteiger partial charge < -0.3 is 25.2 Å². The van der Waals surface area contributed by atoms with Crippen LogP contribution in [0.2, 0.25) is 0 Å². The molecule has 0 fully saturated rings. The maximum absolute atomic E-state index is 10.0. The van der Waals surface area contributed by atoms with Crippen molar-refractivity contribution in [1.82, 2.24) is 10.6 Å². The highest BCUT2D eigenvalue weighted by Gasteiger charge is 2.11. The minimum absolute atomic E-state index is 0.00249. The third kappa shape index (κ3) is 6.59. The van der Waals surface area contributed by atoms with Crippen LogP contribution in [0.1, 0.15) is 42.9 Å². The molecule has 6 heteroatoms. The van der Waals surface area contributed by atoms with Crippen molar-refractivity contribution >= 4 is 5.96 Å². The predicted octanol–water partition coefficient (Wildman–Crippen LogP) is 3.83. The lowest BCUT2D eigenvalue weighted by molar-refractivity contribution is 0.339. The molecular weight excluding hydrogens is 366 g/mol. The van der Waals surface area contributed by atoms with E-state index >= 15 is 0 Å². The van der Waals surface area contributed by atoms with Gasteiger partial charge in [0, 0.05) is 20.1 Å². The summed E-state index contributed by atoms with van der Waals surface area (Å²) in [6.07, 6.45) is 2.04. The highest BCUT2D eigenvalue weighted by molar-refractivity contribution is 5.79. The molecule has 0 radical (unpaired) electrons. The van der Waals surface area contributed by atoms with E-state index in [1.54, 1.807) is 19.2 Å². The lowest BCUT2D eigenvalue weighted by Crippen LogP contribution is -2.37. The highest BCUT2D eigenvalue weighted by Crippen LogP contribution is 2.36. The van der Waals surface area contributed by atoms with E-state index in [4.69, 9.17) is 9.47 Å². The first-order valence-electron chi connectivity index (χ1n) is 9.95. The van der Waals surface area contributed by atoms with Crippen LogP contribution in [-0.2, 0) is 13.0 Å². The molecule has 0 bridgehead atoms. The fourth-order valence-corrected chi connectivity index (χ4v) is 3.02. The molecule has 0 aliphatic carbocycles. The van der Waals surface area contributed by atoms with E-state index in [0.29, 0.717) is 24.0 Å². The maximum Gasteiger partial charge on any atom is 0.200 e. The van der Waals surface area contributed by atoms with Crippen molar-refractivity contribution in [2.24, 2.45) is 4.99 Å². The molecule has 158 valence electrons. The van der Waals surface area contributed by atoms with E-state index in [9.17, 15) is 5.11 Å². The molecule has 2 aromatic rings. The number of ether oxygens (including phenoxy) is 2. The van der Waals surface area contributed by atoms with Gasteiger partial charge in [-0.25, -0.2) is 0 Å². The zero-order chi connectivity index (χ0) is 21.2. The van der Waals surface area contributed by atoms with Gasteiger partial charge in [-0.1, -0.05) is 38.1 Å². The summed E-state index contributed by atoms with van der Waals surface area (Å²) in [5.41, 5.74) is 3.64. The number of phenolic OH excluding ortho intramolecular Hbond substituents is 1. The fourth-order valence-electron chi connectivity index (χ4n) is 3.02. The van der Waals surface area contributed by atoms with Crippen molar-refractivity contribution in [1.29, 1.82) is 0 Å². The van der Waals surface area contributed by atoms with Crippen molar-refractivity contribution in [3.63, 3.8) is 0 Å². The molecule has 0 unspecified atom stereocenters. The Hall–Kier alpha value is -2.89. The molecule has 29 heavy (non-hydrogen) atoms. The van der Waals surface area contributed by atoms with Crippen LogP contribution in [0.5, 0.6) is 17.2 Å². The third-order valence-corrected chi connectivity index (χ3v) is 4.80. The standard InChI is InChI=1S/C23H33N3O3/c1-16(2)19-10-8-17(9-11-19)7-6-12-25-23(24-3)26-15-18-13-20(28-4)22(27)21(14-18)29-5/h8-11,13-14,16,27H,6-7,12,15H2,1-5H3,(H2,24,25,26). The minimum Gasteiger partial charge on any atom is -0.502 e. The maximum atomic E-state index is 10.0. The molecule has 0 saturated carbocycles. The Balaban J connectivity index is 1.81. The molecule has 0 aliphatic rings. The first-order valence-corrected chi connectivity index (χ1v) is 9.95. The smallest absolute Gasteiger partial charge is 0.200 e. The SMILES string of the molecule is CN=C(NCCCc1ccc(C(C)C)cc1)NCc1cc(OC)c(O)c(OC)c1. The molecule has 0 spiro atoms. The predicted molar refractivity (Wildman–Crippen MR) is 118 cm³/mol. The van der Waals surface area contributed by atoms with Gasteiger partial charge in [0.2, 0.25) is 5.75 Å². The van der Waals surface area contributed by atoms with Gasteiger partial charge in [-0.15, -0.1) is 0 Å². The second-order valence-electron chi connectivity index (χ2n) is 7.20. The average Bonchev–Trinajstić information content (AvgIpc) is 2.74. The molecule has 0 saturated heterocycles. The first-order chi connectivity index (χ1) is 14.0. The molecule has 0 amide bonds. The van der Waals surface area contributed by atoms with Crippen LogP contribution in [0.25, 0.3) is 0 Å². The topological polar surface area (TPSA) is 75.1 Å². The van der Waals surface area contributed by atoms with Gasteiger partial charge in [-0.2, -0.15) is 0 Å². The van der Waals surface area contributed by atoms with E-state index < -0.39 is 0 Å². The number of aliphatic imine (C=N–C) groups is 1. The van der Waals surface area contributed by atoms with Gasteiger partial charge in [0.15, 0.2) is 17.5 Å². The van der Waals surface area contributed by atoms with E-state index in [2.05, 4.69) is 53.7 Å². The number of nitrogens with zero attached hydrogens (tertiary/aromatic N) is 1. The lowest BCUT2D eigenvalue weighted by atomic mass is 10.0. The highest BCUT2D eigenvalue weighted by atomic mass is 16.5. The molecule has 0 heterocycles. The van der Waals surface area contributed by atoms with Crippen LogP contribution in [0, 0.1) is 0 Å². The van der Waals surface area contributed by atoms with E-state index in [-0.39, 0.29) is 5.75 Å². The zero-order valence-electron chi connectivity index (χ0n) is 18.1. The normalized spacial score (nSPS) is 11.4. The van der Waals surface area contributed by atoms with Crippen molar-refractivity contribution < 1.29 is 14.6 Å². The summed E-state index contributed by atoms with van der Waals surface area (Å²) >= 11 is 0. The average molecular weight is 400 g/mol. The van der Waals surface area contributed by atoms with Gasteiger partial charge >= 0.3 is 0 Å². The number of hydrogen-bond acceptors (Lipinski definition) is 4. The molecule has 0 aliphatic heterocycles. The fraction of sp³-hybridized carbons (Fsp3) is 0.435. The van der Waals surface area contributed by atoms with Crippen LogP contribution in [0.4, 0.5) is 0 Å². The molecule has 0 aromatic heterocycles. The molecule has 6 nitrogen and oxygen atoms in total. The Labute approximate surface area is 174 Å². The molecular formula is C23H33N3O3. The number of rotatable bonds is 9. The van der Waals surface area contributed by atoms with Crippen LogP contribution in [-0.4, -0.2) is 38.9 Å². The first kappa shape index (κ1) is 22.4. The number of hydrogen-bond donors (Lipinski definition) is 3. The Kier molecular flexibility index (Phi) is 8.65.